The highest BCUT2D eigenvalue weighted by Gasteiger charge is 2.11. The molecule has 1 N–H and O–H groups in total. The number of benzene rings is 3. The van der Waals surface area contributed by atoms with Gasteiger partial charge in [-0.1, -0.05) is 42.5 Å². The fraction of sp³-hybridized carbons (Fsp3) is 0.125. The average molecular weight is 405 g/mol. The molecule has 0 bridgehead atoms. The first-order chi connectivity index (χ1) is 14.1. The van der Waals surface area contributed by atoms with Crippen LogP contribution in [-0.2, 0) is 11.3 Å². The van der Waals surface area contributed by atoms with Gasteiger partial charge in [-0.25, -0.2) is 4.39 Å². The molecule has 0 aliphatic carbocycles. The van der Waals surface area contributed by atoms with Crippen molar-refractivity contribution in [2.75, 3.05) is 11.1 Å². The fourth-order valence-corrected chi connectivity index (χ4v) is 4.24. The average Bonchev–Trinajstić information content (AvgIpc) is 3.04. The summed E-state index contributed by atoms with van der Waals surface area (Å²) in [5, 5.41) is 4.04. The van der Waals surface area contributed by atoms with E-state index < -0.39 is 0 Å². The standard InChI is InChI=1S/C24H21FN2OS/c1-17-6-4-9-20(12-17)26-24(28)16-29-23-15-27(22-11-3-2-10-21(22)23)14-18-7-5-8-19(25)13-18/h2-13,15H,14,16H2,1H3,(H,26,28). The summed E-state index contributed by atoms with van der Waals surface area (Å²) in [5.74, 6) is 0.0472. The Hall–Kier alpha value is -3.05. The normalized spacial score (nSPS) is 11.0. The Balaban J connectivity index is 1.51. The van der Waals surface area contributed by atoms with Gasteiger partial charge in [0, 0.05) is 34.2 Å². The number of thioether (sulfide) groups is 1. The molecule has 3 aromatic carbocycles. The molecule has 0 saturated carbocycles. The number of nitrogens with one attached hydrogen (secondary N) is 1. The van der Waals surface area contributed by atoms with Gasteiger partial charge in [0.2, 0.25) is 5.91 Å². The topological polar surface area (TPSA) is 34.0 Å². The second-order valence-electron chi connectivity index (χ2n) is 6.97. The second kappa shape index (κ2) is 8.53. The zero-order chi connectivity index (χ0) is 20.2. The van der Waals surface area contributed by atoms with Crippen molar-refractivity contribution < 1.29 is 9.18 Å². The lowest BCUT2D eigenvalue weighted by Crippen LogP contribution is -2.13. The summed E-state index contributed by atoms with van der Waals surface area (Å²) in [6.07, 6.45) is 2.04. The SMILES string of the molecule is Cc1cccc(NC(=O)CSc2cn(Cc3cccc(F)c3)c3ccccc23)c1. The van der Waals surface area contributed by atoms with Gasteiger partial charge in [0.25, 0.3) is 0 Å². The molecule has 146 valence electrons. The van der Waals surface area contributed by atoms with Crippen LogP contribution in [0.25, 0.3) is 10.9 Å². The Morgan fingerprint density at radius 1 is 1.03 bits per heavy atom. The minimum atomic E-state index is -0.235. The summed E-state index contributed by atoms with van der Waals surface area (Å²) >= 11 is 1.51. The third-order valence-corrected chi connectivity index (χ3v) is 5.70. The maximum Gasteiger partial charge on any atom is 0.234 e. The van der Waals surface area contributed by atoms with Crippen molar-refractivity contribution in [1.82, 2.24) is 4.57 Å². The number of nitrogens with zero attached hydrogens (tertiary/aromatic N) is 1. The summed E-state index contributed by atoms with van der Waals surface area (Å²) in [6.45, 7) is 2.58. The van der Waals surface area contributed by atoms with Crippen LogP contribution < -0.4 is 5.32 Å². The molecule has 0 spiro atoms. The van der Waals surface area contributed by atoms with Gasteiger partial charge < -0.3 is 9.88 Å². The first kappa shape index (κ1) is 19.3. The fourth-order valence-electron chi connectivity index (χ4n) is 3.35. The van der Waals surface area contributed by atoms with E-state index in [1.165, 1.54) is 17.8 Å². The van der Waals surface area contributed by atoms with Crippen molar-refractivity contribution in [2.45, 2.75) is 18.4 Å². The van der Waals surface area contributed by atoms with Crippen LogP contribution in [0.15, 0.2) is 83.9 Å². The number of aromatic nitrogens is 1. The number of aryl methyl sites for hydroxylation is 1. The van der Waals surface area contributed by atoms with E-state index in [0.29, 0.717) is 12.3 Å². The van der Waals surface area contributed by atoms with Gasteiger partial charge in [0.1, 0.15) is 5.82 Å². The van der Waals surface area contributed by atoms with Crippen molar-refractivity contribution in [3.63, 3.8) is 0 Å². The highest BCUT2D eigenvalue weighted by molar-refractivity contribution is 8.00. The van der Waals surface area contributed by atoms with E-state index in [2.05, 4.69) is 16.0 Å². The molecule has 4 aromatic rings. The van der Waals surface area contributed by atoms with Gasteiger partial charge in [-0.3, -0.25) is 4.79 Å². The van der Waals surface area contributed by atoms with E-state index in [9.17, 15) is 9.18 Å². The molecule has 1 aromatic heterocycles. The monoisotopic (exact) mass is 404 g/mol. The molecular weight excluding hydrogens is 383 g/mol. The van der Waals surface area contributed by atoms with E-state index in [0.717, 1.165) is 32.6 Å². The lowest BCUT2D eigenvalue weighted by molar-refractivity contribution is -0.113. The molecule has 0 unspecified atom stereocenters. The first-order valence-electron chi connectivity index (χ1n) is 9.40. The van der Waals surface area contributed by atoms with Gasteiger partial charge in [-0.05, 0) is 48.4 Å². The summed E-state index contributed by atoms with van der Waals surface area (Å²) in [7, 11) is 0. The molecule has 0 radical (unpaired) electrons. The Morgan fingerprint density at radius 3 is 2.69 bits per heavy atom. The van der Waals surface area contributed by atoms with Crippen LogP contribution in [0.1, 0.15) is 11.1 Å². The molecule has 3 nitrogen and oxygen atoms in total. The lowest BCUT2D eigenvalue weighted by Gasteiger charge is -2.06. The quantitative estimate of drug-likeness (QED) is 0.408. The van der Waals surface area contributed by atoms with Gasteiger partial charge in [0.05, 0.1) is 5.75 Å². The highest BCUT2D eigenvalue weighted by Crippen LogP contribution is 2.30. The molecule has 0 aliphatic heterocycles. The number of hydrogen-bond donors (Lipinski definition) is 1. The van der Waals surface area contributed by atoms with Crippen LogP contribution in [0.4, 0.5) is 10.1 Å². The zero-order valence-corrected chi connectivity index (χ0v) is 16.9. The first-order valence-corrected chi connectivity index (χ1v) is 10.4. The van der Waals surface area contributed by atoms with Crippen molar-refractivity contribution in [1.29, 1.82) is 0 Å². The zero-order valence-electron chi connectivity index (χ0n) is 16.1. The molecular formula is C24H21FN2OS. The van der Waals surface area contributed by atoms with Crippen LogP contribution >= 0.6 is 11.8 Å². The number of para-hydroxylation sites is 1. The van der Waals surface area contributed by atoms with E-state index >= 15 is 0 Å². The number of carbonyl (C=O) groups excluding carboxylic acids is 1. The minimum Gasteiger partial charge on any atom is -0.342 e. The van der Waals surface area contributed by atoms with Gasteiger partial charge >= 0.3 is 0 Å². The predicted octanol–water partition coefficient (Wildman–Crippen LogP) is 5.87. The van der Waals surface area contributed by atoms with Crippen molar-refractivity contribution >= 4 is 34.3 Å². The van der Waals surface area contributed by atoms with Gasteiger partial charge in [-0.2, -0.15) is 0 Å². The van der Waals surface area contributed by atoms with Crippen LogP contribution in [-0.4, -0.2) is 16.2 Å². The number of halogens is 1. The number of fused-ring (bicyclic) bond motifs is 1. The lowest BCUT2D eigenvalue weighted by atomic mass is 10.2. The molecule has 0 saturated heterocycles. The maximum absolute atomic E-state index is 13.5. The van der Waals surface area contributed by atoms with Crippen LogP contribution in [0.5, 0.6) is 0 Å². The number of rotatable bonds is 6. The van der Waals surface area contributed by atoms with Crippen LogP contribution in [0.2, 0.25) is 0 Å². The molecule has 1 heterocycles. The number of amides is 1. The molecule has 4 rings (SSSR count). The Bertz CT molecular complexity index is 1170. The van der Waals surface area contributed by atoms with E-state index in [1.807, 2.05) is 61.7 Å². The molecule has 0 aliphatic rings. The molecule has 0 atom stereocenters. The number of anilines is 1. The summed E-state index contributed by atoms with van der Waals surface area (Å²) in [5.41, 5.74) is 3.89. The summed E-state index contributed by atoms with van der Waals surface area (Å²) in [6, 6.07) is 22.5. The van der Waals surface area contributed by atoms with E-state index in [1.54, 1.807) is 12.1 Å². The Labute approximate surface area is 173 Å². The Morgan fingerprint density at radius 2 is 1.86 bits per heavy atom. The molecule has 1 amide bonds. The van der Waals surface area contributed by atoms with Gasteiger partial charge in [-0.15, -0.1) is 11.8 Å². The second-order valence-corrected chi connectivity index (χ2v) is 7.99. The maximum atomic E-state index is 13.5. The molecule has 5 heteroatoms. The smallest absolute Gasteiger partial charge is 0.234 e. The predicted molar refractivity (Wildman–Crippen MR) is 118 cm³/mol. The third-order valence-electron chi connectivity index (χ3n) is 4.65. The van der Waals surface area contributed by atoms with Crippen molar-refractivity contribution in [2.24, 2.45) is 0 Å². The number of hydrogen-bond acceptors (Lipinski definition) is 2. The van der Waals surface area contributed by atoms with Crippen LogP contribution in [0.3, 0.4) is 0 Å². The largest absolute Gasteiger partial charge is 0.342 e. The molecule has 0 fully saturated rings. The summed E-state index contributed by atoms with van der Waals surface area (Å²) in [4.78, 5) is 13.4. The summed E-state index contributed by atoms with van der Waals surface area (Å²) < 4.78 is 15.6. The van der Waals surface area contributed by atoms with E-state index in [4.69, 9.17) is 0 Å². The van der Waals surface area contributed by atoms with Crippen molar-refractivity contribution in [3.05, 3.63) is 95.9 Å². The van der Waals surface area contributed by atoms with Crippen LogP contribution in [0, 0.1) is 12.7 Å². The van der Waals surface area contributed by atoms with Gasteiger partial charge in [0.15, 0.2) is 0 Å². The molecule has 29 heavy (non-hydrogen) atoms. The van der Waals surface area contributed by atoms with Crippen molar-refractivity contribution in [3.8, 4) is 0 Å². The Kier molecular flexibility index (Phi) is 5.67. The van der Waals surface area contributed by atoms with E-state index in [-0.39, 0.29) is 11.7 Å². The number of carbonyl (C=O) groups is 1. The third kappa shape index (κ3) is 4.69. The minimum absolute atomic E-state index is 0.0393. The highest BCUT2D eigenvalue weighted by atomic mass is 32.2.